The topological polar surface area (TPSA) is 0 Å². The Hall–Kier alpha value is -2.34. The summed E-state index contributed by atoms with van der Waals surface area (Å²) in [6.07, 6.45) is 0. The molecule has 3 aromatic carbocycles. The van der Waals surface area contributed by atoms with Crippen LogP contribution >= 0.6 is 0 Å². The van der Waals surface area contributed by atoms with Gasteiger partial charge in [0.05, 0.1) is 0 Å². The zero-order valence-electron chi connectivity index (χ0n) is 15.1. The summed E-state index contributed by atoms with van der Waals surface area (Å²) in [5, 5.41) is 0. The molecular weight excluding hydrogens is 288 g/mol. The van der Waals surface area contributed by atoms with Gasteiger partial charge in [0.2, 0.25) is 0 Å². The molecule has 3 rings (SSSR count). The highest BCUT2D eigenvalue weighted by molar-refractivity contribution is 5.71. The molecule has 0 fully saturated rings. The van der Waals surface area contributed by atoms with Crippen LogP contribution in [-0.4, -0.2) is 0 Å². The van der Waals surface area contributed by atoms with Gasteiger partial charge in [-0.05, 0) is 45.2 Å². The molecule has 0 atom stereocenters. The Labute approximate surface area is 146 Å². The van der Waals surface area contributed by atoms with Crippen molar-refractivity contribution in [1.82, 2.24) is 0 Å². The van der Waals surface area contributed by atoms with E-state index >= 15 is 0 Å². The van der Waals surface area contributed by atoms with Gasteiger partial charge in [0.15, 0.2) is 0 Å². The highest BCUT2D eigenvalue weighted by atomic mass is 14.1. The lowest BCUT2D eigenvalue weighted by atomic mass is 9.94. The Kier molecular flexibility index (Phi) is 4.85. The van der Waals surface area contributed by atoms with Crippen LogP contribution in [0.15, 0.2) is 72.8 Å². The van der Waals surface area contributed by atoms with Gasteiger partial charge in [-0.3, -0.25) is 0 Å². The molecule has 0 amide bonds. The van der Waals surface area contributed by atoms with Gasteiger partial charge in [-0.1, -0.05) is 100 Å². The maximum absolute atomic E-state index is 2.30. The lowest BCUT2D eigenvalue weighted by Crippen LogP contribution is -1.89. The van der Waals surface area contributed by atoms with Crippen LogP contribution in [0.5, 0.6) is 0 Å². The van der Waals surface area contributed by atoms with E-state index in [4.69, 9.17) is 0 Å². The third kappa shape index (κ3) is 3.59. The van der Waals surface area contributed by atoms with Crippen molar-refractivity contribution < 1.29 is 0 Å². The van der Waals surface area contributed by atoms with Gasteiger partial charge in [-0.2, -0.15) is 0 Å². The molecule has 0 N–H and O–H groups in total. The molecule has 0 heteroatoms. The Morgan fingerprint density at radius 1 is 0.458 bits per heavy atom. The van der Waals surface area contributed by atoms with Gasteiger partial charge < -0.3 is 0 Å². The molecule has 3 aromatic rings. The highest BCUT2D eigenvalue weighted by Crippen LogP contribution is 2.28. The molecule has 0 heterocycles. The molecule has 0 bridgehead atoms. The van der Waals surface area contributed by atoms with Gasteiger partial charge in [0.1, 0.15) is 0 Å². The summed E-state index contributed by atoms with van der Waals surface area (Å²) in [4.78, 5) is 0. The molecule has 0 spiro atoms. The minimum absolute atomic E-state index is 0.558. The summed E-state index contributed by atoms with van der Waals surface area (Å²) in [5.41, 5.74) is 7.93. The molecular formula is C24H26. The zero-order valence-corrected chi connectivity index (χ0v) is 15.1. The number of rotatable bonds is 4. The maximum Gasteiger partial charge on any atom is -0.0181 e. The fourth-order valence-electron chi connectivity index (χ4n) is 3.01. The minimum Gasteiger partial charge on any atom is -0.0614 e. The molecule has 0 saturated carbocycles. The fraction of sp³-hybridized carbons (Fsp3) is 0.250. The second kappa shape index (κ2) is 7.05. The van der Waals surface area contributed by atoms with Gasteiger partial charge in [0, 0.05) is 0 Å². The second-order valence-corrected chi connectivity index (χ2v) is 7.14. The van der Waals surface area contributed by atoms with E-state index in [2.05, 4.69) is 100 Å². The highest BCUT2D eigenvalue weighted by Gasteiger charge is 2.05. The van der Waals surface area contributed by atoms with E-state index in [0.29, 0.717) is 11.8 Å². The monoisotopic (exact) mass is 314 g/mol. The second-order valence-electron chi connectivity index (χ2n) is 7.14. The Bertz CT molecular complexity index is 737. The Balaban J connectivity index is 1.91. The van der Waals surface area contributed by atoms with Crippen LogP contribution in [0.3, 0.4) is 0 Å². The normalized spacial score (nSPS) is 11.2. The van der Waals surface area contributed by atoms with Crippen LogP contribution in [0.2, 0.25) is 0 Å². The van der Waals surface area contributed by atoms with Crippen LogP contribution in [0.4, 0.5) is 0 Å². The van der Waals surface area contributed by atoms with E-state index in [0.717, 1.165) is 0 Å². The Morgan fingerprint density at radius 2 is 0.833 bits per heavy atom. The first-order valence-corrected chi connectivity index (χ1v) is 8.85. The summed E-state index contributed by atoms with van der Waals surface area (Å²) in [6, 6.07) is 26.7. The summed E-state index contributed by atoms with van der Waals surface area (Å²) in [5.74, 6) is 1.12. The smallest absolute Gasteiger partial charge is 0.0181 e. The molecule has 0 radical (unpaired) electrons. The van der Waals surface area contributed by atoms with Crippen molar-refractivity contribution in [1.29, 1.82) is 0 Å². The number of hydrogen-bond acceptors (Lipinski definition) is 0. The van der Waals surface area contributed by atoms with E-state index in [1.54, 1.807) is 0 Å². The minimum atomic E-state index is 0.558. The van der Waals surface area contributed by atoms with Gasteiger partial charge in [0.25, 0.3) is 0 Å². The third-order valence-corrected chi connectivity index (χ3v) is 4.66. The summed E-state index contributed by atoms with van der Waals surface area (Å²) >= 11 is 0. The van der Waals surface area contributed by atoms with Crippen molar-refractivity contribution in [2.24, 2.45) is 0 Å². The van der Waals surface area contributed by atoms with Crippen molar-refractivity contribution >= 4 is 0 Å². The first kappa shape index (κ1) is 16.5. The van der Waals surface area contributed by atoms with Crippen LogP contribution in [0.1, 0.15) is 50.7 Å². The molecule has 0 aliphatic rings. The van der Waals surface area contributed by atoms with E-state index in [1.807, 2.05) is 0 Å². The predicted molar refractivity (Wildman–Crippen MR) is 105 cm³/mol. The average Bonchev–Trinajstić information content (AvgIpc) is 2.62. The van der Waals surface area contributed by atoms with Gasteiger partial charge in [-0.15, -0.1) is 0 Å². The predicted octanol–water partition coefficient (Wildman–Crippen LogP) is 7.27. The quantitative estimate of drug-likeness (QED) is 0.475. The molecule has 0 nitrogen and oxygen atoms in total. The molecule has 122 valence electrons. The van der Waals surface area contributed by atoms with Gasteiger partial charge in [-0.25, -0.2) is 0 Å². The van der Waals surface area contributed by atoms with Crippen LogP contribution in [0.25, 0.3) is 22.3 Å². The Morgan fingerprint density at radius 3 is 1.17 bits per heavy atom. The van der Waals surface area contributed by atoms with Crippen molar-refractivity contribution in [2.45, 2.75) is 39.5 Å². The van der Waals surface area contributed by atoms with Gasteiger partial charge >= 0.3 is 0 Å². The van der Waals surface area contributed by atoms with Crippen molar-refractivity contribution in [3.63, 3.8) is 0 Å². The lowest BCUT2D eigenvalue weighted by Gasteiger charge is -2.10. The summed E-state index contributed by atoms with van der Waals surface area (Å²) < 4.78 is 0. The standard InChI is InChI=1S/C24H26/c1-17(2)21-7-5-9-23(15-21)19-11-13-20(14-12-19)24-10-6-8-22(16-24)18(3)4/h5-18H,1-4H3. The summed E-state index contributed by atoms with van der Waals surface area (Å²) in [6.45, 7) is 8.96. The van der Waals surface area contributed by atoms with E-state index < -0.39 is 0 Å². The average molecular weight is 314 g/mol. The van der Waals surface area contributed by atoms with Crippen molar-refractivity contribution in [3.05, 3.63) is 83.9 Å². The number of benzene rings is 3. The molecule has 0 aliphatic heterocycles. The first-order chi connectivity index (χ1) is 11.5. The van der Waals surface area contributed by atoms with E-state index in [9.17, 15) is 0 Å². The van der Waals surface area contributed by atoms with Crippen molar-refractivity contribution in [2.75, 3.05) is 0 Å². The van der Waals surface area contributed by atoms with Crippen LogP contribution in [-0.2, 0) is 0 Å². The molecule has 0 unspecified atom stereocenters. The van der Waals surface area contributed by atoms with E-state index in [-0.39, 0.29) is 0 Å². The zero-order chi connectivity index (χ0) is 17.1. The molecule has 24 heavy (non-hydrogen) atoms. The van der Waals surface area contributed by atoms with E-state index in [1.165, 1.54) is 33.4 Å². The number of hydrogen-bond donors (Lipinski definition) is 0. The fourth-order valence-corrected chi connectivity index (χ4v) is 3.01. The first-order valence-electron chi connectivity index (χ1n) is 8.85. The van der Waals surface area contributed by atoms with Crippen LogP contribution in [0, 0.1) is 0 Å². The molecule has 0 aromatic heterocycles. The van der Waals surface area contributed by atoms with Crippen molar-refractivity contribution in [3.8, 4) is 22.3 Å². The molecule has 0 aliphatic carbocycles. The molecule has 0 saturated heterocycles. The third-order valence-electron chi connectivity index (χ3n) is 4.66. The van der Waals surface area contributed by atoms with Crippen LogP contribution < -0.4 is 0 Å². The maximum atomic E-state index is 2.30. The summed E-state index contributed by atoms with van der Waals surface area (Å²) in [7, 11) is 0. The SMILES string of the molecule is CC(C)c1cccc(-c2ccc(-c3cccc(C(C)C)c3)cc2)c1. The lowest BCUT2D eigenvalue weighted by molar-refractivity contribution is 0.867. The largest absolute Gasteiger partial charge is 0.0614 e.